The zero-order valence-electron chi connectivity index (χ0n) is 18.2. The van der Waals surface area contributed by atoms with Gasteiger partial charge >= 0.3 is 6.03 Å². The van der Waals surface area contributed by atoms with Gasteiger partial charge in [0.05, 0.1) is 5.70 Å². The highest BCUT2D eigenvalue weighted by molar-refractivity contribution is 6.16. The van der Waals surface area contributed by atoms with Gasteiger partial charge in [0.15, 0.2) is 12.2 Å². The third-order valence-corrected chi connectivity index (χ3v) is 6.20. The molecule has 0 aromatic heterocycles. The standard InChI is InChI=1S/C25H25N5O2/c1-4-15-28-23(31)21-22(27(3)25(28)32)26-24-29(21)16-20(18-9-7-6-8-10-18)30(24)19-13-11-17(5-2)12-14-19/h4,6-14,16,21-22H,1,5,15H2,2-3H3. The summed E-state index contributed by atoms with van der Waals surface area (Å²) in [5.74, 6) is 0.389. The molecule has 0 N–H and O–H groups in total. The number of likely N-dealkylation sites (N-methyl/N-ethyl adjacent to an activating group) is 1. The Morgan fingerprint density at radius 3 is 2.44 bits per heavy atom. The first-order chi connectivity index (χ1) is 15.5. The SMILES string of the molecule is C=CCN1C(=O)C2C(N=C3N(c4ccc(CC)cc4)C(c4ccccc4)=CN32)N(C)C1=O. The zero-order chi connectivity index (χ0) is 22.4. The Morgan fingerprint density at radius 2 is 1.78 bits per heavy atom. The van der Waals surface area contributed by atoms with Crippen LogP contribution in [-0.4, -0.2) is 58.4 Å². The van der Waals surface area contributed by atoms with Gasteiger partial charge in [0.2, 0.25) is 5.96 Å². The number of imide groups is 1. The summed E-state index contributed by atoms with van der Waals surface area (Å²) in [5, 5.41) is 0. The molecule has 1 saturated heterocycles. The van der Waals surface area contributed by atoms with Crippen molar-refractivity contribution in [2.45, 2.75) is 25.6 Å². The van der Waals surface area contributed by atoms with Crippen molar-refractivity contribution in [3.8, 4) is 0 Å². The first-order valence-corrected chi connectivity index (χ1v) is 10.8. The van der Waals surface area contributed by atoms with E-state index in [2.05, 4.69) is 42.7 Å². The average molecular weight is 428 g/mol. The molecule has 3 heterocycles. The number of guanidine groups is 1. The Hall–Kier alpha value is -3.87. The van der Waals surface area contributed by atoms with Crippen LogP contribution in [0.4, 0.5) is 10.5 Å². The number of rotatable bonds is 5. The molecule has 0 aliphatic carbocycles. The van der Waals surface area contributed by atoms with Crippen molar-refractivity contribution in [1.29, 1.82) is 0 Å². The summed E-state index contributed by atoms with van der Waals surface area (Å²) in [6, 6.07) is 17.5. The van der Waals surface area contributed by atoms with Crippen molar-refractivity contribution >= 4 is 29.3 Å². The van der Waals surface area contributed by atoms with E-state index in [1.54, 1.807) is 13.1 Å². The molecule has 3 amide bonds. The van der Waals surface area contributed by atoms with E-state index in [-0.39, 0.29) is 18.5 Å². The van der Waals surface area contributed by atoms with Crippen molar-refractivity contribution in [1.82, 2.24) is 14.7 Å². The number of hydrogen-bond acceptors (Lipinski definition) is 5. The summed E-state index contributed by atoms with van der Waals surface area (Å²) in [7, 11) is 1.69. The normalized spacial score (nSPS) is 22.1. The molecule has 162 valence electrons. The molecule has 3 aliphatic heterocycles. The van der Waals surface area contributed by atoms with Gasteiger partial charge in [-0.1, -0.05) is 55.5 Å². The number of urea groups is 1. The average Bonchev–Trinajstić information content (AvgIpc) is 3.37. The van der Waals surface area contributed by atoms with Crippen molar-refractivity contribution < 1.29 is 9.59 Å². The molecule has 0 saturated carbocycles. The van der Waals surface area contributed by atoms with Crippen LogP contribution in [-0.2, 0) is 11.2 Å². The van der Waals surface area contributed by atoms with Crippen LogP contribution in [0.1, 0.15) is 18.1 Å². The van der Waals surface area contributed by atoms with Crippen LogP contribution in [0, 0.1) is 0 Å². The fourth-order valence-electron chi connectivity index (χ4n) is 4.48. The van der Waals surface area contributed by atoms with Gasteiger partial charge < -0.3 is 4.90 Å². The molecule has 1 fully saturated rings. The molecule has 2 aromatic rings. The summed E-state index contributed by atoms with van der Waals surface area (Å²) in [6.07, 6.45) is 3.92. The number of nitrogens with zero attached hydrogens (tertiary/aromatic N) is 5. The highest BCUT2D eigenvalue weighted by atomic mass is 16.2. The molecule has 0 radical (unpaired) electrons. The fourth-order valence-corrected chi connectivity index (χ4v) is 4.48. The van der Waals surface area contributed by atoms with Gasteiger partial charge in [-0.3, -0.25) is 19.5 Å². The first kappa shape index (κ1) is 20.1. The molecule has 32 heavy (non-hydrogen) atoms. The fraction of sp³-hybridized carbons (Fsp3) is 0.240. The lowest BCUT2D eigenvalue weighted by Gasteiger charge is -2.39. The van der Waals surface area contributed by atoms with Gasteiger partial charge in [0.25, 0.3) is 5.91 Å². The number of anilines is 1. The van der Waals surface area contributed by atoms with E-state index in [0.717, 1.165) is 23.4 Å². The van der Waals surface area contributed by atoms with Crippen LogP contribution in [0.5, 0.6) is 0 Å². The maximum absolute atomic E-state index is 13.3. The Labute approximate surface area is 187 Å². The summed E-state index contributed by atoms with van der Waals surface area (Å²) in [6.45, 7) is 5.99. The minimum Gasteiger partial charge on any atom is -0.302 e. The van der Waals surface area contributed by atoms with Gasteiger partial charge in [-0.15, -0.1) is 6.58 Å². The van der Waals surface area contributed by atoms with Gasteiger partial charge in [0.1, 0.15) is 0 Å². The summed E-state index contributed by atoms with van der Waals surface area (Å²) in [4.78, 5) is 37.7. The van der Waals surface area contributed by atoms with Crippen LogP contribution in [0.15, 0.2) is 78.4 Å². The number of carbonyl (C=O) groups excluding carboxylic acids is 2. The van der Waals surface area contributed by atoms with Crippen LogP contribution in [0.2, 0.25) is 0 Å². The maximum atomic E-state index is 13.3. The van der Waals surface area contributed by atoms with E-state index in [9.17, 15) is 9.59 Å². The molecule has 3 aliphatic rings. The number of fused-ring (bicyclic) bond motifs is 3. The second-order valence-corrected chi connectivity index (χ2v) is 8.06. The van der Waals surface area contributed by atoms with Crippen molar-refractivity contribution in [2.24, 2.45) is 4.99 Å². The lowest BCUT2D eigenvalue weighted by molar-refractivity contribution is -0.136. The molecule has 5 rings (SSSR count). The number of benzene rings is 2. The molecular formula is C25H25N5O2. The van der Waals surface area contributed by atoms with Crippen LogP contribution in [0.3, 0.4) is 0 Å². The van der Waals surface area contributed by atoms with Crippen molar-refractivity contribution in [3.05, 3.63) is 84.6 Å². The molecule has 2 atom stereocenters. The summed E-state index contributed by atoms with van der Waals surface area (Å²) >= 11 is 0. The van der Waals surface area contributed by atoms with Gasteiger partial charge in [0, 0.05) is 31.0 Å². The molecular weight excluding hydrogens is 402 g/mol. The topological polar surface area (TPSA) is 59.5 Å². The quantitative estimate of drug-likeness (QED) is 0.685. The highest BCUT2D eigenvalue weighted by Crippen LogP contribution is 2.40. The minimum atomic E-state index is -0.605. The molecule has 7 heteroatoms. The molecule has 0 spiro atoms. The Balaban J connectivity index is 1.61. The summed E-state index contributed by atoms with van der Waals surface area (Å²) in [5.41, 5.74) is 4.17. The Kier molecular flexibility index (Phi) is 4.81. The van der Waals surface area contributed by atoms with Crippen molar-refractivity contribution in [3.63, 3.8) is 0 Å². The largest absolute Gasteiger partial charge is 0.328 e. The third-order valence-electron chi connectivity index (χ3n) is 6.20. The molecule has 7 nitrogen and oxygen atoms in total. The predicted octanol–water partition coefficient (Wildman–Crippen LogP) is 3.51. The molecule has 2 unspecified atom stereocenters. The van der Waals surface area contributed by atoms with Crippen LogP contribution >= 0.6 is 0 Å². The monoisotopic (exact) mass is 427 g/mol. The minimum absolute atomic E-state index is 0.172. The number of carbonyl (C=O) groups is 2. The Bertz CT molecular complexity index is 1140. The lowest BCUT2D eigenvalue weighted by Crippen LogP contribution is -2.64. The van der Waals surface area contributed by atoms with Gasteiger partial charge in [-0.25, -0.2) is 9.79 Å². The summed E-state index contributed by atoms with van der Waals surface area (Å²) < 4.78 is 0. The highest BCUT2D eigenvalue weighted by Gasteiger charge is 2.54. The number of aliphatic imine (C=N–C) groups is 1. The zero-order valence-corrected chi connectivity index (χ0v) is 18.2. The number of hydrogen-bond donors (Lipinski definition) is 0. The van der Waals surface area contributed by atoms with E-state index in [4.69, 9.17) is 4.99 Å². The van der Waals surface area contributed by atoms with Gasteiger partial charge in [-0.05, 0) is 24.1 Å². The predicted molar refractivity (Wildman–Crippen MR) is 125 cm³/mol. The van der Waals surface area contributed by atoms with Gasteiger partial charge in [-0.2, -0.15) is 0 Å². The number of amides is 3. The van der Waals surface area contributed by atoms with E-state index in [1.807, 2.05) is 41.4 Å². The first-order valence-electron chi connectivity index (χ1n) is 10.8. The maximum Gasteiger partial charge on any atom is 0.328 e. The molecule has 2 aromatic carbocycles. The van der Waals surface area contributed by atoms with Crippen molar-refractivity contribution in [2.75, 3.05) is 18.5 Å². The van der Waals surface area contributed by atoms with E-state index in [0.29, 0.717) is 5.96 Å². The smallest absolute Gasteiger partial charge is 0.302 e. The second kappa shape index (κ2) is 7.67. The Morgan fingerprint density at radius 1 is 1.06 bits per heavy atom. The van der Waals surface area contributed by atoms with E-state index >= 15 is 0 Å². The lowest BCUT2D eigenvalue weighted by atomic mass is 10.1. The molecule has 0 bridgehead atoms. The van der Waals surface area contributed by atoms with Crippen LogP contribution in [0.25, 0.3) is 5.70 Å². The third kappa shape index (κ3) is 2.92. The van der Waals surface area contributed by atoms with E-state index in [1.165, 1.54) is 15.4 Å². The second-order valence-electron chi connectivity index (χ2n) is 8.06. The number of aryl methyl sites for hydroxylation is 1. The van der Waals surface area contributed by atoms with E-state index < -0.39 is 12.2 Å². The van der Waals surface area contributed by atoms with Crippen LogP contribution < -0.4 is 4.90 Å².